The lowest BCUT2D eigenvalue weighted by atomic mass is 9.72. The molecule has 2 aliphatic rings. The fourth-order valence-electron chi connectivity index (χ4n) is 4.88. The van der Waals surface area contributed by atoms with E-state index in [1.54, 1.807) is 6.33 Å². The maximum absolute atomic E-state index is 12.4. The van der Waals surface area contributed by atoms with Gasteiger partial charge in [0.2, 0.25) is 5.91 Å². The summed E-state index contributed by atoms with van der Waals surface area (Å²) in [4.78, 5) is 24.4. The van der Waals surface area contributed by atoms with E-state index in [1.807, 2.05) is 13.1 Å². The highest BCUT2D eigenvalue weighted by molar-refractivity contribution is 5.77. The zero-order valence-corrected chi connectivity index (χ0v) is 17.8. The van der Waals surface area contributed by atoms with Crippen molar-refractivity contribution in [2.75, 3.05) is 32.7 Å². The molecule has 0 radical (unpaired) electrons. The molecule has 2 aromatic rings. The van der Waals surface area contributed by atoms with Crippen LogP contribution in [0.2, 0.25) is 0 Å². The number of hydrogen-bond donors (Lipinski definition) is 1. The van der Waals surface area contributed by atoms with Gasteiger partial charge >= 0.3 is 0 Å². The molecule has 0 aliphatic carbocycles. The minimum Gasteiger partial charge on any atom is -0.466 e. The Hall–Kier alpha value is -2.08. The van der Waals surface area contributed by atoms with E-state index < -0.39 is 0 Å². The van der Waals surface area contributed by atoms with Gasteiger partial charge in [-0.2, -0.15) is 0 Å². The molecule has 1 amide bonds. The highest BCUT2D eigenvalue weighted by Gasteiger charge is 2.40. The van der Waals surface area contributed by atoms with Crippen LogP contribution in [0.15, 0.2) is 29.1 Å². The average Bonchev–Trinajstić information content (AvgIpc) is 3.40. The van der Waals surface area contributed by atoms with Crippen molar-refractivity contribution in [1.82, 2.24) is 19.8 Å². The summed E-state index contributed by atoms with van der Waals surface area (Å²) in [7, 11) is 0. The molecule has 29 heavy (non-hydrogen) atoms. The topological polar surface area (TPSA) is 65.4 Å². The Morgan fingerprint density at radius 3 is 2.76 bits per heavy atom. The van der Waals surface area contributed by atoms with Crippen LogP contribution in [-0.2, 0) is 11.2 Å². The molecular formula is C23H34N4O2. The van der Waals surface area contributed by atoms with Crippen molar-refractivity contribution in [2.45, 2.75) is 58.3 Å². The number of aromatic amines is 1. The van der Waals surface area contributed by atoms with Gasteiger partial charge in [0.15, 0.2) is 0 Å². The van der Waals surface area contributed by atoms with Crippen molar-refractivity contribution < 1.29 is 9.21 Å². The van der Waals surface area contributed by atoms with Crippen LogP contribution in [0.1, 0.15) is 62.2 Å². The number of carbonyl (C=O) groups excluding carboxylic acids is 1. The van der Waals surface area contributed by atoms with E-state index in [4.69, 9.17) is 4.42 Å². The Morgan fingerprint density at radius 1 is 1.24 bits per heavy atom. The number of likely N-dealkylation sites (tertiary alicyclic amines) is 2. The molecule has 0 bridgehead atoms. The fourth-order valence-corrected chi connectivity index (χ4v) is 4.88. The van der Waals surface area contributed by atoms with Gasteiger partial charge in [-0.25, -0.2) is 4.98 Å². The molecule has 1 atom stereocenters. The zero-order chi connectivity index (χ0) is 20.3. The first-order valence-electron chi connectivity index (χ1n) is 11.1. The number of carbonyl (C=O) groups is 1. The maximum atomic E-state index is 12.4. The molecule has 1 N–H and O–H groups in total. The molecule has 2 aromatic heterocycles. The number of nitrogens with zero attached hydrogens (tertiary/aromatic N) is 3. The predicted octanol–water partition coefficient (Wildman–Crippen LogP) is 3.75. The number of furan rings is 1. The van der Waals surface area contributed by atoms with Gasteiger partial charge in [0.1, 0.15) is 11.5 Å². The summed E-state index contributed by atoms with van der Waals surface area (Å²) in [6, 6.07) is 4.17. The van der Waals surface area contributed by atoms with Crippen molar-refractivity contribution in [3.8, 4) is 0 Å². The SMILES string of the molecule is Cc1ccc([C@H](C)CCN2CCC3(CCC(=O)N(CCc4cnc[nH]4)C3)CC2)o1. The van der Waals surface area contributed by atoms with Gasteiger partial charge in [0.05, 0.1) is 6.33 Å². The molecule has 6 nitrogen and oxygen atoms in total. The van der Waals surface area contributed by atoms with E-state index in [2.05, 4.69) is 38.8 Å². The van der Waals surface area contributed by atoms with Crippen molar-refractivity contribution in [1.29, 1.82) is 0 Å². The standard InChI is InChI=1S/C23H34N4O2/c1-18(21-4-3-19(2)29-21)6-11-26-13-9-23(10-14-26)8-5-22(28)27(16-23)12-7-20-15-24-17-25-20/h3-4,15,17-18H,5-14,16H2,1-2H3,(H,24,25)/t18-/m1/s1. The minimum atomic E-state index is 0.320. The van der Waals surface area contributed by atoms with Gasteiger partial charge in [-0.3, -0.25) is 4.79 Å². The third-order valence-corrected chi connectivity index (χ3v) is 7.00. The fraction of sp³-hybridized carbons (Fsp3) is 0.652. The molecule has 1 spiro atoms. The number of rotatable bonds is 7. The van der Waals surface area contributed by atoms with Crippen molar-refractivity contribution in [3.05, 3.63) is 41.9 Å². The monoisotopic (exact) mass is 398 g/mol. The highest BCUT2D eigenvalue weighted by atomic mass is 16.3. The summed E-state index contributed by atoms with van der Waals surface area (Å²) in [6.45, 7) is 9.41. The van der Waals surface area contributed by atoms with Crippen LogP contribution in [0.4, 0.5) is 0 Å². The van der Waals surface area contributed by atoms with Gasteiger partial charge in [0.25, 0.3) is 0 Å². The molecule has 0 saturated carbocycles. The molecule has 0 aromatic carbocycles. The molecule has 158 valence electrons. The number of piperidine rings is 2. The van der Waals surface area contributed by atoms with Crippen molar-refractivity contribution in [3.63, 3.8) is 0 Å². The third kappa shape index (κ3) is 4.92. The van der Waals surface area contributed by atoms with E-state index in [0.717, 1.165) is 69.2 Å². The normalized spacial score (nSPS) is 21.0. The number of aryl methyl sites for hydroxylation is 1. The Labute approximate surface area is 173 Å². The molecule has 2 saturated heterocycles. The van der Waals surface area contributed by atoms with E-state index in [0.29, 0.717) is 23.7 Å². The van der Waals surface area contributed by atoms with Crippen LogP contribution in [0, 0.1) is 12.3 Å². The second kappa shape index (κ2) is 8.74. The van der Waals surface area contributed by atoms with Crippen molar-refractivity contribution in [2.24, 2.45) is 5.41 Å². The molecule has 2 aliphatic heterocycles. The van der Waals surface area contributed by atoms with Gasteiger partial charge in [-0.15, -0.1) is 0 Å². The number of nitrogens with one attached hydrogen (secondary N) is 1. The van der Waals surface area contributed by atoms with E-state index >= 15 is 0 Å². The summed E-state index contributed by atoms with van der Waals surface area (Å²) in [5.41, 5.74) is 1.43. The molecular weight excluding hydrogens is 364 g/mol. The van der Waals surface area contributed by atoms with E-state index in [-0.39, 0.29) is 0 Å². The van der Waals surface area contributed by atoms with Gasteiger partial charge in [-0.1, -0.05) is 6.92 Å². The van der Waals surface area contributed by atoms with Crippen LogP contribution in [0.5, 0.6) is 0 Å². The van der Waals surface area contributed by atoms with Gasteiger partial charge in [-0.05, 0) is 69.8 Å². The first-order chi connectivity index (χ1) is 14.0. The molecule has 2 fully saturated rings. The summed E-state index contributed by atoms with van der Waals surface area (Å²) in [5, 5.41) is 0. The first kappa shape index (κ1) is 20.2. The van der Waals surface area contributed by atoms with Crippen molar-refractivity contribution >= 4 is 5.91 Å². The smallest absolute Gasteiger partial charge is 0.222 e. The van der Waals surface area contributed by atoms with Crippen LogP contribution < -0.4 is 0 Å². The number of H-pyrrole nitrogens is 1. The number of aromatic nitrogens is 2. The summed E-state index contributed by atoms with van der Waals surface area (Å²) in [5.74, 6) is 2.88. The maximum Gasteiger partial charge on any atom is 0.222 e. The first-order valence-corrected chi connectivity index (χ1v) is 11.1. The quantitative estimate of drug-likeness (QED) is 0.771. The molecule has 0 unspecified atom stereocenters. The molecule has 6 heteroatoms. The Morgan fingerprint density at radius 2 is 2.07 bits per heavy atom. The lowest BCUT2D eigenvalue weighted by Gasteiger charge is -2.47. The lowest BCUT2D eigenvalue weighted by molar-refractivity contribution is -0.139. The second-order valence-corrected chi connectivity index (χ2v) is 9.12. The van der Waals surface area contributed by atoms with E-state index in [9.17, 15) is 4.79 Å². The second-order valence-electron chi connectivity index (χ2n) is 9.12. The average molecular weight is 399 g/mol. The third-order valence-electron chi connectivity index (χ3n) is 7.00. The summed E-state index contributed by atoms with van der Waals surface area (Å²) in [6.07, 6.45) is 9.73. The van der Waals surface area contributed by atoms with Crippen LogP contribution in [-0.4, -0.2) is 58.4 Å². The molecule has 4 heterocycles. The minimum absolute atomic E-state index is 0.320. The van der Waals surface area contributed by atoms with E-state index in [1.165, 1.54) is 12.8 Å². The molecule has 4 rings (SSSR count). The van der Waals surface area contributed by atoms with Crippen LogP contribution in [0.3, 0.4) is 0 Å². The Balaban J connectivity index is 1.24. The number of hydrogen-bond acceptors (Lipinski definition) is 4. The lowest BCUT2D eigenvalue weighted by Crippen LogP contribution is -2.52. The largest absolute Gasteiger partial charge is 0.466 e. The zero-order valence-electron chi connectivity index (χ0n) is 17.8. The Kier molecular flexibility index (Phi) is 6.09. The number of imidazole rings is 1. The Bertz CT molecular complexity index is 790. The predicted molar refractivity (Wildman–Crippen MR) is 113 cm³/mol. The van der Waals surface area contributed by atoms with Gasteiger partial charge < -0.3 is 19.2 Å². The van der Waals surface area contributed by atoms with Crippen LogP contribution in [0.25, 0.3) is 0 Å². The van der Waals surface area contributed by atoms with Gasteiger partial charge in [0, 0.05) is 43.7 Å². The highest BCUT2D eigenvalue weighted by Crippen LogP contribution is 2.40. The number of amides is 1. The van der Waals surface area contributed by atoms with Crippen LogP contribution >= 0.6 is 0 Å². The summed E-state index contributed by atoms with van der Waals surface area (Å²) < 4.78 is 5.78. The summed E-state index contributed by atoms with van der Waals surface area (Å²) >= 11 is 0.